The normalized spacial score (nSPS) is 26.4. The molecule has 156 valence electrons. The molecule has 2 unspecified atom stereocenters. The number of nitriles is 1. The summed E-state index contributed by atoms with van der Waals surface area (Å²) in [6, 6.07) is 2.50. The zero-order valence-electron chi connectivity index (χ0n) is 15.1. The van der Waals surface area contributed by atoms with Crippen molar-refractivity contribution in [2.45, 2.75) is 34.7 Å². The van der Waals surface area contributed by atoms with E-state index in [9.17, 15) is 15.3 Å². The van der Waals surface area contributed by atoms with Crippen molar-refractivity contribution in [1.29, 1.82) is 5.26 Å². The standard InChI is InChI=1S/C17H15ClN6O4S2/c18-9-3-8(5-21-10(9)4-19)30-17-15(27)13(14(26)12(7-25)28-17)24-6-11(22-23-24)16-20-1-2-29-16/h1-3,5-6,12-15,17,25-27H,7H2/t12?,13-,14-,15?,17+/m0/s1. The molecule has 4 heterocycles. The Hall–Kier alpha value is -2.11. The molecule has 0 bridgehead atoms. The van der Waals surface area contributed by atoms with Crippen molar-refractivity contribution in [3.8, 4) is 16.8 Å². The Kier molecular flexibility index (Phi) is 6.30. The number of aliphatic hydroxyl groups excluding tert-OH is 3. The van der Waals surface area contributed by atoms with Gasteiger partial charge < -0.3 is 20.1 Å². The van der Waals surface area contributed by atoms with E-state index in [1.54, 1.807) is 17.8 Å². The van der Waals surface area contributed by atoms with Crippen LogP contribution in [0.4, 0.5) is 0 Å². The Bertz CT molecular complexity index is 1060. The largest absolute Gasteiger partial charge is 0.394 e. The van der Waals surface area contributed by atoms with E-state index in [1.165, 1.54) is 28.3 Å². The number of thiazole rings is 1. The third-order valence-electron chi connectivity index (χ3n) is 4.49. The van der Waals surface area contributed by atoms with Crippen LogP contribution in [0.3, 0.4) is 0 Å². The summed E-state index contributed by atoms with van der Waals surface area (Å²) in [6.45, 7) is -0.456. The number of thioether (sulfide) groups is 1. The molecule has 0 amide bonds. The molecule has 0 saturated carbocycles. The molecule has 1 aliphatic heterocycles. The number of aliphatic hydroxyl groups is 3. The zero-order valence-corrected chi connectivity index (χ0v) is 17.5. The average Bonchev–Trinajstić information content (AvgIpc) is 3.42. The van der Waals surface area contributed by atoms with Crippen LogP contribution in [0.5, 0.6) is 0 Å². The molecule has 3 aromatic heterocycles. The Morgan fingerprint density at radius 2 is 2.17 bits per heavy atom. The van der Waals surface area contributed by atoms with Crippen molar-refractivity contribution in [3.63, 3.8) is 0 Å². The highest BCUT2D eigenvalue weighted by Gasteiger charge is 2.46. The van der Waals surface area contributed by atoms with Gasteiger partial charge in [-0.2, -0.15) is 5.26 Å². The molecule has 5 atom stereocenters. The van der Waals surface area contributed by atoms with Crippen LogP contribution in [0.2, 0.25) is 5.02 Å². The summed E-state index contributed by atoms with van der Waals surface area (Å²) in [6.07, 6.45) is 1.28. The number of hydrogen-bond acceptors (Lipinski definition) is 11. The van der Waals surface area contributed by atoms with Crippen LogP contribution >= 0.6 is 34.7 Å². The Balaban J connectivity index is 1.60. The lowest BCUT2D eigenvalue weighted by Gasteiger charge is -2.41. The molecule has 1 saturated heterocycles. The van der Waals surface area contributed by atoms with E-state index in [1.807, 2.05) is 6.07 Å². The van der Waals surface area contributed by atoms with Gasteiger partial charge in [0, 0.05) is 22.7 Å². The van der Waals surface area contributed by atoms with Gasteiger partial charge in [0.2, 0.25) is 0 Å². The van der Waals surface area contributed by atoms with Gasteiger partial charge >= 0.3 is 0 Å². The van der Waals surface area contributed by atoms with E-state index in [4.69, 9.17) is 21.6 Å². The van der Waals surface area contributed by atoms with Gasteiger partial charge in [-0.15, -0.1) is 16.4 Å². The van der Waals surface area contributed by atoms with E-state index >= 15 is 0 Å². The molecule has 30 heavy (non-hydrogen) atoms. The van der Waals surface area contributed by atoms with Gasteiger partial charge in [-0.25, -0.2) is 14.6 Å². The van der Waals surface area contributed by atoms with Crippen molar-refractivity contribution in [3.05, 3.63) is 40.8 Å². The lowest BCUT2D eigenvalue weighted by Crippen LogP contribution is -2.55. The third-order valence-corrected chi connectivity index (χ3v) is 6.69. The number of aromatic nitrogens is 5. The second-order valence-electron chi connectivity index (χ2n) is 6.35. The Labute approximate surface area is 183 Å². The van der Waals surface area contributed by atoms with Crippen LogP contribution in [0.25, 0.3) is 10.7 Å². The smallest absolute Gasteiger partial charge is 0.159 e. The predicted octanol–water partition coefficient (Wildman–Crippen LogP) is 1.09. The van der Waals surface area contributed by atoms with Gasteiger partial charge in [0.15, 0.2) is 5.69 Å². The van der Waals surface area contributed by atoms with Crippen LogP contribution in [-0.4, -0.2) is 70.6 Å². The summed E-state index contributed by atoms with van der Waals surface area (Å²) < 4.78 is 7.05. The van der Waals surface area contributed by atoms with Crippen molar-refractivity contribution in [1.82, 2.24) is 25.0 Å². The van der Waals surface area contributed by atoms with Crippen LogP contribution in [0, 0.1) is 11.3 Å². The minimum absolute atomic E-state index is 0.0880. The van der Waals surface area contributed by atoms with Gasteiger partial charge in [0.25, 0.3) is 0 Å². The van der Waals surface area contributed by atoms with Gasteiger partial charge in [0.1, 0.15) is 46.6 Å². The predicted molar refractivity (Wildman–Crippen MR) is 108 cm³/mol. The topological polar surface area (TPSA) is 150 Å². The highest BCUT2D eigenvalue weighted by Crippen LogP contribution is 2.38. The van der Waals surface area contributed by atoms with Crippen LogP contribution in [-0.2, 0) is 4.74 Å². The summed E-state index contributed by atoms with van der Waals surface area (Å²) in [7, 11) is 0. The highest BCUT2D eigenvalue weighted by atomic mass is 35.5. The number of hydrogen-bond donors (Lipinski definition) is 3. The van der Waals surface area contributed by atoms with Crippen LogP contribution in [0.1, 0.15) is 11.7 Å². The van der Waals surface area contributed by atoms with E-state index in [2.05, 4.69) is 20.3 Å². The van der Waals surface area contributed by atoms with Crippen molar-refractivity contribution >= 4 is 34.7 Å². The molecule has 0 radical (unpaired) electrons. The monoisotopic (exact) mass is 466 g/mol. The quantitative estimate of drug-likeness (QED) is 0.498. The maximum absolute atomic E-state index is 10.9. The molecule has 0 aliphatic carbocycles. The first kappa shape index (κ1) is 21.1. The lowest BCUT2D eigenvalue weighted by molar-refractivity contribution is -0.178. The molecule has 0 spiro atoms. The first-order chi connectivity index (χ1) is 14.5. The number of nitrogens with zero attached hydrogens (tertiary/aromatic N) is 6. The molecule has 13 heteroatoms. The first-order valence-electron chi connectivity index (χ1n) is 8.68. The third kappa shape index (κ3) is 4.06. The molecule has 0 aromatic carbocycles. The number of pyridine rings is 1. The maximum Gasteiger partial charge on any atom is 0.159 e. The van der Waals surface area contributed by atoms with Crippen molar-refractivity contribution in [2.24, 2.45) is 0 Å². The summed E-state index contributed by atoms with van der Waals surface area (Å²) in [5.41, 5.74) is -0.275. The van der Waals surface area contributed by atoms with Gasteiger partial charge in [-0.1, -0.05) is 28.6 Å². The SMILES string of the molecule is N#Cc1ncc(S[C@H]2OC(CO)[C@H](O)[C@H](n3cc(-c4nccs4)nn3)C2O)cc1Cl. The zero-order chi connectivity index (χ0) is 21.3. The second-order valence-corrected chi connectivity index (χ2v) is 8.82. The molecule has 1 fully saturated rings. The number of ether oxygens (including phenoxy) is 1. The summed E-state index contributed by atoms with van der Waals surface area (Å²) in [5.74, 6) is 0. The summed E-state index contributed by atoms with van der Waals surface area (Å²) in [4.78, 5) is 8.69. The summed E-state index contributed by atoms with van der Waals surface area (Å²) in [5, 5.41) is 51.0. The summed E-state index contributed by atoms with van der Waals surface area (Å²) >= 11 is 8.52. The van der Waals surface area contributed by atoms with Crippen molar-refractivity contribution in [2.75, 3.05) is 6.61 Å². The fourth-order valence-corrected chi connectivity index (χ4v) is 4.98. The van der Waals surface area contributed by atoms with E-state index in [-0.39, 0.29) is 10.7 Å². The molecule has 10 nitrogen and oxygen atoms in total. The fraction of sp³-hybridized carbons (Fsp3) is 0.353. The first-order valence-corrected chi connectivity index (χ1v) is 10.8. The second kappa shape index (κ2) is 8.94. The molecule has 3 N–H and O–H groups in total. The van der Waals surface area contributed by atoms with Gasteiger partial charge in [-0.3, -0.25) is 0 Å². The maximum atomic E-state index is 10.9. The molecule has 3 aromatic rings. The van der Waals surface area contributed by atoms with Gasteiger partial charge in [-0.05, 0) is 6.07 Å². The molecule has 1 aliphatic rings. The number of rotatable bonds is 5. The van der Waals surface area contributed by atoms with Gasteiger partial charge in [0.05, 0.1) is 17.8 Å². The highest BCUT2D eigenvalue weighted by molar-refractivity contribution is 7.99. The minimum Gasteiger partial charge on any atom is -0.394 e. The Morgan fingerprint density at radius 3 is 2.83 bits per heavy atom. The molecular formula is C17H15ClN6O4S2. The average molecular weight is 467 g/mol. The Morgan fingerprint density at radius 1 is 1.33 bits per heavy atom. The minimum atomic E-state index is -1.23. The lowest BCUT2D eigenvalue weighted by atomic mass is 9.97. The van der Waals surface area contributed by atoms with Crippen LogP contribution < -0.4 is 0 Å². The van der Waals surface area contributed by atoms with Crippen molar-refractivity contribution < 1.29 is 20.1 Å². The van der Waals surface area contributed by atoms with Crippen LogP contribution in [0.15, 0.2) is 34.9 Å². The van der Waals surface area contributed by atoms with E-state index < -0.39 is 36.4 Å². The fourth-order valence-electron chi connectivity index (χ4n) is 3.05. The molecular weight excluding hydrogens is 452 g/mol. The van der Waals surface area contributed by atoms with E-state index in [0.29, 0.717) is 15.6 Å². The van der Waals surface area contributed by atoms with E-state index in [0.717, 1.165) is 11.8 Å². The number of halogens is 1. The molecule has 4 rings (SSSR count).